The molecule has 1 amide bonds. The molecule has 0 saturated heterocycles. The zero-order valence-electron chi connectivity index (χ0n) is 11.0. The van der Waals surface area contributed by atoms with Gasteiger partial charge in [-0.2, -0.15) is 5.10 Å². The van der Waals surface area contributed by atoms with Gasteiger partial charge in [-0.25, -0.2) is 0 Å². The lowest BCUT2D eigenvalue weighted by molar-refractivity contribution is -0.133. The van der Waals surface area contributed by atoms with Crippen LogP contribution in [0.5, 0.6) is 0 Å². The van der Waals surface area contributed by atoms with E-state index in [0.29, 0.717) is 5.82 Å². The van der Waals surface area contributed by atoms with Gasteiger partial charge in [0.15, 0.2) is 0 Å². The number of anilines is 1. The number of amides is 1. The van der Waals surface area contributed by atoms with Crippen molar-refractivity contribution in [2.24, 2.45) is 5.41 Å². The fourth-order valence-electron chi connectivity index (χ4n) is 2.38. The molecule has 2 rings (SSSR count). The summed E-state index contributed by atoms with van der Waals surface area (Å²) in [6.45, 7) is 4.39. The summed E-state index contributed by atoms with van der Waals surface area (Å²) in [5.74, 6) is 0.372. The SMILES string of the molecule is COC1CC(NC(=O)Cn2ccc(N)n2)C1(C)C. The van der Waals surface area contributed by atoms with E-state index in [1.807, 2.05) is 0 Å². The summed E-state index contributed by atoms with van der Waals surface area (Å²) >= 11 is 0. The van der Waals surface area contributed by atoms with Crippen LogP contribution in [-0.2, 0) is 16.1 Å². The van der Waals surface area contributed by atoms with Crippen molar-refractivity contribution in [3.05, 3.63) is 12.3 Å². The van der Waals surface area contributed by atoms with E-state index in [2.05, 4.69) is 24.3 Å². The molecule has 1 saturated carbocycles. The van der Waals surface area contributed by atoms with Gasteiger partial charge in [-0.1, -0.05) is 13.8 Å². The van der Waals surface area contributed by atoms with Gasteiger partial charge in [-0.15, -0.1) is 0 Å². The second kappa shape index (κ2) is 4.61. The lowest BCUT2D eigenvalue weighted by Crippen LogP contribution is -2.62. The van der Waals surface area contributed by atoms with Crippen molar-refractivity contribution in [3.8, 4) is 0 Å². The summed E-state index contributed by atoms with van der Waals surface area (Å²) in [5, 5.41) is 6.99. The monoisotopic (exact) mass is 252 g/mol. The van der Waals surface area contributed by atoms with Gasteiger partial charge >= 0.3 is 0 Å². The normalized spacial score (nSPS) is 25.5. The zero-order valence-corrected chi connectivity index (χ0v) is 11.0. The van der Waals surface area contributed by atoms with Crippen LogP contribution in [0.4, 0.5) is 5.82 Å². The maximum absolute atomic E-state index is 11.9. The Morgan fingerprint density at radius 2 is 2.44 bits per heavy atom. The van der Waals surface area contributed by atoms with Gasteiger partial charge in [0.1, 0.15) is 12.4 Å². The maximum Gasteiger partial charge on any atom is 0.241 e. The predicted molar refractivity (Wildman–Crippen MR) is 67.8 cm³/mol. The number of nitrogens with one attached hydrogen (secondary N) is 1. The topological polar surface area (TPSA) is 82.2 Å². The molecule has 1 aromatic rings. The van der Waals surface area contributed by atoms with E-state index in [1.54, 1.807) is 19.4 Å². The highest BCUT2D eigenvalue weighted by Crippen LogP contribution is 2.42. The molecule has 3 N–H and O–H groups in total. The van der Waals surface area contributed by atoms with Crippen molar-refractivity contribution in [1.29, 1.82) is 0 Å². The number of aromatic nitrogens is 2. The van der Waals surface area contributed by atoms with E-state index in [1.165, 1.54) is 4.68 Å². The van der Waals surface area contributed by atoms with Gasteiger partial charge in [0.2, 0.25) is 5.91 Å². The standard InChI is InChI=1S/C12H20N4O2/c1-12(2)8(6-9(12)18-3)14-11(17)7-16-5-4-10(13)15-16/h4-5,8-9H,6-7H2,1-3H3,(H2,13,15)(H,14,17). The van der Waals surface area contributed by atoms with Crippen LogP contribution in [-0.4, -0.2) is 34.9 Å². The highest BCUT2D eigenvalue weighted by Gasteiger charge is 2.49. The Kier molecular flexibility index (Phi) is 3.30. The molecule has 6 nitrogen and oxygen atoms in total. The van der Waals surface area contributed by atoms with E-state index in [-0.39, 0.29) is 30.0 Å². The molecule has 1 heterocycles. The minimum atomic E-state index is -0.0503. The summed E-state index contributed by atoms with van der Waals surface area (Å²) in [7, 11) is 1.71. The maximum atomic E-state index is 11.9. The summed E-state index contributed by atoms with van der Waals surface area (Å²) in [6, 6.07) is 1.82. The van der Waals surface area contributed by atoms with Crippen molar-refractivity contribution in [1.82, 2.24) is 15.1 Å². The number of nitrogens with two attached hydrogens (primary N) is 1. The van der Waals surface area contributed by atoms with Gasteiger partial charge in [-0.05, 0) is 12.5 Å². The van der Waals surface area contributed by atoms with Crippen LogP contribution in [0.25, 0.3) is 0 Å². The smallest absolute Gasteiger partial charge is 0.241 e. The largest absolute Gasteiger partial charge is 0.382 e. The van der Waals surface area contributed by atoms with Gasteiger partial charge < -0.3 is 15.8 Å². The quantitative estimate of drug-likeness (QED) is 0.812. The molecule has 1 aromatic heterocycles. The number of carbonyl (C=O) groups excluding carboxylic acids is 1. The third kappa shape index (κ3) is 2.33. The number of hydrogen-bond donors (Lipinski definition) is 2. The van der Waals surface area contributed by atoms with Crippen LogP contribution in [0.2, 0.25) is 0 Å². The Bertz CT molecular complexity index is 441. The zero-order chi connectivity index (χ0) is 13.3. The summed E-state index contributed by atoms with van der Waals surface area (Å²) in [5.41, 5.74) is 5.47. The van der Waals surface area contributed by atoms with Crippen LogP contribution in [0.15, 0.2) is 12.3 Å². The molecule has 1 aliphatic carbocycles. The molecule has 2 unspecified atom stereocenters. The van der Waals surface area contributed by atoms with Crippen LogP contribution in [0.3, 0.4) is 0 Å². The fourth-order valence-corrected chi connectivity index (χ4v) is 2.38. The molecule has 1 fully saturated rings. The van der Waals surface area contributed by atoms with Crippen LogP contribution >= 0.6 is 0 Å². The first-order chi connectivity index (χ1) is 8.43. The fraction of sp³-hybridized carbons (Fsp3) is 0.667. The van der Waals surface area contributed by atoms with E-state index < -0.39 is 0 Å². The first-order valence-corrected chi connectivity index (χ1v) is 6.04. The lowest BCUT2D eigenvalue weighted by atomic mass is 9.64. The summed E-state index contributed by atoms with van der Waals surface area (Å²) in [4.78, 5) is 11.9. The number of carbonyl (C=O) groups is 1. The Balaban J connectivity index is 1.86. The molecule has 1 aliphatic rings. The van der Waals surface area contributed by atoms with E-state index in [9.17, 15) is 4.79 Å². The van der Waals surface area contributed by atoms with Crippen molar-refractivity contribution < 1.29 is 9.53 Å². The average molecular weight is 252 g/mol. The van der Waals surface area contributed by atoms with E-state index in [0.717, 1.165) is 6.42 Å². The molecule has 18 heavy (non-hydrogen) atoms. The number of hydrogen-bond acceptors (Lipinski definition) is 4. The van der Waals surface area contributed by atoms with Crippen LogP contribution < -0.4 is 11.1 Å². The summed E-state index contributed by atoms with van der Waals surface area (Å²) in [6.07, 6.45) is 2.76. The second-order valence-electron chi connectivity index (χ2n) is 5.34. The summed E-state index contributed by atoms with van der Waals surface area (Å²) < 4.78 is 6.88. The third-order valence-electron chi connectivity index (χ3n) is 3.76. The number of nitrogens with zero attached hydrogens (tertiary/aromatic N) is 2. The van der Waals surface area contributed by atoms with E-state index >= 15 is 0 Å². The number of rotatable bonds is 4. The van der Waals surface area contributed by atoms with Crippen LogP contribution in [0, 0.1) is 5.41 Å². The highest BCUT2D eigenvalue weighted by atomic mass is 16.5. The van der Waals surface area contributed by atoms with Crippen LogP contribution in [0.1, 0.15) is 20.3 Å². The minimum Gasteiger partial charge on any atom is -0.382 e. The molecule has 0 aromatic carbocycles. The first-order valence-electron chi connectivity index (χ1n) is 6.04. The number of methoxy groups -OCH3 is 1. The van der Waals surface area contributed by atoms with Gasteiger partial charge in [-0.3, -0.25) is 9.48 Å². The molecule has 0 spiro atoms. The molecule has 2 atom stereocenters. The van der Waals surface area contributed by atoms with Crippen molar-refractivity contribution in [3.63, 3.8) is 0 Å². The molecule has 6 heteroatoms. The lowest BCUT2D eigenvalue weighted by Gasteiger charge is -2.51. The molecular formula is C12H20N4O2. The molecule has 100 valence electrons. The van der Waals surface area contributed by atoms with Crippen molar-refractivity contribution in [2.75, 3.05) is 12.8 Å². The van der Waals surface area contributed by atoms with E-state index in [4.69, 9.17) is 10.5 Å². The predicted octanol–water partition coefficient (Wildman–Crippen LogP) is 0.395. The average Bonchev–Trinajstić information content (AvgIpc) is 2.69. The van der Waals surface area contributed by atoms with Gasteiger partial charge in [0, 0.05) is 24.8 Å². The van der Waals surface area contributed by atoms with Crippen molar-refractivity contribution in [2.45, 2.75) is 39.0 Å². The van der Waals surface area contributed by atoms with Gasteiger partial charge in [0.25, 0.3) is 0 Å². The Morgan fingerprint density at radius 1 is 1.72 bits per heavy atom. The van der Waals surface area contributed by atoms with Crippen molar-refractivity contribution >= 4 is 11.7 Å². The Labute approximate surface area is 106 Å². The number of nitrogen functional groups attached to an aromatic ring is 1. The Morgan fingerprint density at radius 3 is 2.94 bits per heavy atom. The molecular weight excluding hydrogens is 232 g/mol. The first kappa shape index (κ1) is 12.9. The third-order valence-corrected chi connectivity index (χ3v) is 3.76. The molecule has 0 bridgehead atoms. The Hall–Kier alpha value is -1.56. The second-order valence-corrected chi connectivity index (χ2v) is 5.34. The minimum absolute atomic E-state index is 0.0203. The van der Waals surface area contributed by atoms with Gasteiger partial charge in [0.05, 0.1) is 6.10 Å². The molecule has 0 aliphatic heterocycles. The molecule has 0 radical (unpaired) electrons. The highest BCUT2D eigenvalue weighted by molar-refractivity contribution is 5.76. The number of ether oxygens (including phenoxy) is 1.